The number of hydrogen-bond donors (Lipinski definition) is 1. The van der Waals surface area contributed by atoms with E-state index in [0.29, 0.717) is 6.54 Å². The van der Waals surface area contributed by atoms with E-state index in [0.717, 1.165) is 18.5 Å². The molecule has 1 aromatic heterocycles. The average molecular weight is 266 g/mol. The Morgan fingerprint density at radius 2 is 1.90 bits per heavy atom. The Balaban J connectivity index is 1.78. The van der Waals surface area contributed by atoms with Crippen LogP contribution in [0.25, 0.3) is 0 Å². The van der Waals surface area contributed by atoms with E-state index in [4.69, 9.17) is 0 Å². The van der Waals surface area contributed by atoms with Crippen molar-refractivity contribution >= 4 is 5.91 Å². The Labute approximate surface area is 119 Å². The molecule has 1 aromatic carbocycles. The third-order valence-electron chi connectivity index (χ3n) is 3.68. The maximum atomic E-state index is 11.8. The van der Waals surface area contributed by atoms with E-state index in [2.05, 4.69) is 22.4 Å². The third kappa shape index (κ3) is 3.05. The molecule has 1 N–H and O–H groups in total. The number of hydrogen-bond acceptors (Lipinski definition) is 2. The van der Waals surface area contributed by atoms with Crippen molar-refractivity contribution in [2.75, 3.05) is 6.54 Å². The first kappa shape index (κ1) is 12.9. The molecule has 0 aliphatic heterocycles. The maximum absolute atomic E-state index is 11.8. The first-order valence-corrected chi connectivity index (χ1v) is 7.08. The quantitative estimate of drug-likeness (QED) is 0.904. The van der Waals surface area contributed by atoms with Crippen LogP contribution >= 0.6 is 0 Å². The minimum absolute atomic E-state index is 0.111. The van der Waals surface area contributed by atoms with Gasteiger partial charge in [-0.2, -0.15) is 0 Å². The molecule has 1 saturated carbocycles. The van der Waals surface area contributed by atoms with Crippen LogP contribution < -0.4 is 5.32 Å². The number of pyridine rings is 1. The lowest BCUT2D eigenvalue weighted by Crippen LogP contribution is -2.30. The molecule has 1 amide bonds. The topological polar surface area (TPSA) is 42.0 Å². The second kappa shape index (κ2) is 5.87. The lowest BCUT2D eigenvalue weighted by Gasteiger charge is -2.17. The van der Waals surface area contributed by atoms with Crippen LogP contribution in [0.2, 0.25) is 0 Å². The van der Waals surface area contributed by atoms with E-state index in [1.807, 2.05) is 36.4 Å². The number of amides is 1. The van der Waals surface area contributed by atoms with Crippen LogP contribution in [-0.2, 0) is 4.79 Å². The summed E-state index contributed by atoms with van der Waals surface area (Å²) in [6.07, 6.45) is 3.87. The van der Waals surface area contributed by atoms with Gasteiger partial charge in [0.1, 0.15) is 0 Å². The number of nitrogens with zero attached hydrogens (tertiary/aromatic N) is 1. The number of rotatable bonds is 5. The van der Waals surface area contributed by atoms with Crippen LogP contribution in [-0.4, -0.2) is 17.4 Å². The van der Waals surface area contributed by atoms with E-state index in [1.165, 1.54) is 5.56 Å². The number of benzene rings is 1. The molecule has 1 aliphatic carbocycles. The van der Waals surface area contributed by atoms with E-state index < -0.39 is 0 Å². The average Bonchev–Trinajstić information content (AvgIpc) is 3.34. The van der Waals surface area contributed by atoms with Crippen molar-refractivity contribution in [2.24, 2.45) is 5.92 Å². The summed E-state index contributed by atoms with van der Waals surface area (Å²) in [5.41, 5.74) is 2.18. The van der Waals surface area contributed by atoms with Crippen LogP contribution in [0.5, 0.6) is 0 Å². The summed E-state index contributed by atoms with van der Waals surface area (Å²) in [5, 5.41) is 3.06. The minimum atomic E-state index is 0.111. The lowest BCUT2D eigenvalue weighted by atomic mass is 9.95. The summed E-state index contributed by atoms with van der Waals surface area (Å²) in [6, 6.07) is 16.1. The van der Waals surface area contributed by atoms with Crippen molar-refractivity contribution in [1.29, 1.82) is 0 Å². The van der Waals surface area contributed by atoms with Crippen molar-refractivity contribution in [1.82, 2.24) is 10.3 Å². The molecule has 0 radical (unpaired) electrons. The number of nitrogens with one attached hydrogen (secondary N) is 1. The van der Waals surface area contributed by atoms with Crippen LogP contribution in [0, 0.1) is 5.92 Å². The van der Waals surface area contributed by atoms with Gasteiger partial charge in [-0.1, -0.05) is 36.4 Å². The zero-order valence-corrected chi connectivity index (χ0v) is 11.3. The Bertz CT molecular complexity index is 525. The largest absolute Gasteiger partial charge is 0.355 e. The molecule has 1 atom stereocenters. The van der Waals surface area contributed by atoms with E-state index in [9.17, 15) is 4.79 Å². The van der Waals surface area contributed by atoms with Gasteiger partial charge in [0, 0.05) is 30.3 Å². The first-order chi connectivity index (χ1) is 9.84. The summed E-state index contributed by atoms with van der Waals surface area (Å²) < 4.78 is 0. The third-order valence-corrected chi connectivity index (χ3v) is 3.68. The van der Waals surface area contributed by atoms with Crippen molar-refractivity contribution < 1.29 is 4.79 Å². The van der Waals surface area contributed by atoms with Crippen molar-refractivity contribution in [3.8, 4) is 0 Å². The molecule has 3 nitrogen and oxygen atoms in total. The molecule has 20 heavy (non-hydrogen) atoms. The molecule has 1 heterocycles. The zero-order chi connectivity index (χ0) is 13.8. The molecule has 0 bridgehead atoms. The highest BCUT2D eigenvalue weighted by Crippen LogP contribution is 2.29. The van der Waals surface area contributed by atoms with Crippen LogP contribution in [0.3, 0.4) is 0 Å². The molecule has 3 rings (SSSR count). The summed E-state index contributed by atoms with van der Waals surface area (Å²) in [5.74, 6) is 0.539. The van der Waals surface area contributed by atoms with Gasteiger partial charge in [-0.3, -0.25) is 9.78 Å². The molecular formula is C17H18N2O. The Hall–Kier alpha value is -2.16. The van der Waals surface area contributed by atoms with Crippen molar-refractivity contribution in [3.63, 3.8) is 0 Å². The minimum Gasteiger partial charge on any atom is -0.355 e. The fraction of sp³-hybridized carbons (Fsp3) is 0.294. The number of aromatic nitrogens is 1. The highest BCUT2D eigenvalue weighted by atomic mass is 16.2. The molecule has 1 aliphatic rings. The summed E-state index contributed by atoms with van der Waals surface area (Å²) in [4.78, 5) is 16.3. The van der Waals surface area contributed by atoms with Gasteiger partial charge < -0.3 is 5.32 Å². The fourth-order valence-corrected chi connectivity index (χ4v) is 2.35. The van der Waals surface area contributed by atoms with Crippen LogP contribution in [0.1, 0.15) is 30.0 Å². The molecular weight excluding hydrogens is 248 g/mol. The van der Waals surface area contributed by atoms with Crippen LogP contribution in [0.15, 0.2) is 54.7 Å². The second-order valence-electron chi connectivity index (χ2n) is 5.24. The normalized spacial score (nSPS) is 15.6. The Morgan fingerprint density at radius 3 is 2.55 bits per heavy atom. The van der Waals surface area contributed by atoms with Gasteiger partial charge in [0.15, 0.2) is 0 Å². The van der Waals surface area contributed by atoms with Crippen molar-refractivity contribution in [3.05, 3.63) is 66.0 Å². The second-order valence-corrected chi connectivity index (χ2v) is 5.24. The molecule has 1 unspecified atom stereocenters. The predicted molar refractivity (Wildman–Crippen MR) is 78.3 cm³/mol. The SMILES string of the molecule is O=C(NCC(c1ccccc1)c1ccccn1)C1CC1. The van der Waals surface area contributed by atoms with Gasteiger partial charge >= 0.3 is 0 Å². The molecule has 0 spiro atoms. The molecule has 2 aromatic rings. The predicted octanol–water partition coefficient (Wildman–Crippen LogP) is 2.74. The van der Waals surface area contributed by atoms with Crippen LogP contribution in [0.4, 0.5) is 0 Å². The van der Waals surface area contributed by atoms with Gasteiger partial charge in [0.05, 0.1) is 0 Å². The zero-order valence-electron chi connectivity index (χ0n) is 11.3. The van der Waals surface area contributed by atoms with Gasteiger partial charge in [-0.15, -0.1) is 0 Å². The highest BCUT2D eigenvalue weighted by Gasteiger charge is 2.30. The highest BCUT2D eigenvalue weighted by molar-refractivity contribution is 5.80. The maximum Gasteiger partial charge on any atom is 0.223 e. The van der Waals surface area contributed by atoms with Gasteiger partial charge in [0.2, 0.25) is 5.91 Å². The van der Waals surface area contributed by atoms with Crippen molar-refractivity contribution in [2.45, 2.75) is 18.8 Å². The lowest BCUT2D eigenvalue weighted by molar-refractivity contribution is -0.122. The van der Waals surface area contributed by atoms with E-state index in [-0.39, 0.29) is 17.7 Å². The van der Waals surface area contributed by atoms with Gasteiger partial charge in [-0.05, 0) is 30.5 Å². The van der Waals surface area contributed by atoms with Gasteiger partial charge in [-0.25, -0.2) is 0 Å². The number of carbonyl (C=O) groups is 1. The fourth-order valence-electron chi connectivity index (χ4n) is 2.35. The summed E-state index contributed by atoms with van der Waals surface area (Å²) in [6.45, 7) is 0.608. The van der Waals surface area contributed by atoms with E-state index >= 15 is 0 Å². The first-order valence-electron chi connectivity index (χ1n) is 7.08. The smallest absolute Gasteiger partial charge is 0.223 e. The summed E-state index contributed by atoms with van der Waals surface area (Å²) in [7, 11) is 0. The molecule has 3 heteroatoms. The molecule has 1 fully saturated rings. The molecule has 102 valence electrons. The van der Waals surface area contributed by atoms with E-state index in [1.54, 1.807) is 6.20 Å². The Morgan fingerprint density at radius 1 is 1.15 bits per heavy atom. The summed E-state index contributed by atoms with van der Waals surface area (Å²) >= 11 is 0. The Kier molecular flexibility index (Phi) is 3.77. The standard InChI is InChI=1S/C17H18N2O/c20-17(14-9-10-14)19-12-15(13-6-2-1-3-7-13)16-8-4-5-11-18-16/h1-8,11,14-15H,9-10,12H2,(H,19,20). The molecule has 0 saturated heterocycles. The monoisotopic (exact) mass is 266 g/mol. The van der Waals surface area contributed by atoms with Gasteiger partial charge in [0.25, 0.3) is 0 Å². The number of carbonyl (C=O) groups excluding carboxylic acids is 1.